The second kappa shape index (κ2) is 8.67. The number of hydrogen-bond acceptors (Lipinski definition) is 3. The molecule has 2 fully saturated rings. The summed E-state index contributed by atoms with van der Waals surface area (Å²) in [5.41, 5.74) is 7.22. The van der Waals surface area contributed by atoms with Crippen LogP contribution in [0.2, 0.25) is 0 Å². The molecule has 0 radical (unpaired) electrons. The minimum absolute atomic E-state index is 0.112. The number of benzene rings is 1. The summed E-state index contributed by atoms with van der Waals surface area (Å²) in [7, 11) is 0. The first-order valence-electron chi connectivity index (χ1n) is 9.91. The van der Waals surface area contributed by atoms with Crippen molar-refractivity contribution in [1.82, 2.24) is 10.2 Å². The zero-order chi connectivity index (χ0) is 18.5. The Morgan fingerprint density at radius 3 is 2.54 bits per heavy atom. The average molecular weight is 357 g/mol. The van der Waals surface area contributed by atoms with Crippen LogP contribution in [0.15, 0.2) is 30.3 Å². The van der Waals surface area contributed by atoms with E-state index in [0.29, 0.717) is 37.9 Å². The lowest BCUT2D eigenvalue weighted by Gasteiger charge is -2.21. The smallest absolute Gasteiger partial charge is 0.224 e. The van der Waals surface area contributed by atoms with Crippen molar-refractivity contribution in [2.45, 2.75) is 51.0 Å². The maximum Gasteiger partial charge on any atom is 0.224 e. The number of carbonyl (C=O) groups excluding carboxylic acids is 2. The van der Waals surface area contributed by atoms with Gasteiger partial charge in [-0.05, 0) is 37.8 Å². The van der Waals surface area contributed by atoms with E-state index >= 15 is 0 Å². The van der Waals surface area contributed by atoms with Crippen LogP contribution in [0.1, 0.15) is 50.5 Å². The van der Waals surface area contributed by atoms with Gasteiger partial charge >= 0.3 is 0 Å². The van der Waals surface area contributed by atoms with Gasteiger partial charge in [0.05, 0.1) is 0 Å². The maximum atomic E-state index is 12.7. The normalized spacial score (nSPS) is 24.6. The fourth-order valence-electron chi connectivity index (χ4n) is 4.38. The fraction of sp³-hybridized carbons (Fsp3) is 0.619. The molecule has 1 aromatic carbocycles. The fourth-order valence-corrected chi connectivity index (χ4v) is 4.38. The number of hydrogen-bond donors (Lipinski definition) is 2. The highest BCUT2D eigenvalue weighted by Crippen LogP contribution is 2.32. The van der Waals surface area contributed by atoms with Crippen molar-refractivity contribution < 1.29 is 9.59 Å². The SMILES string of the molecule is CC(CC(=O)N1C[C@@H](CN)[C@H](c2ccccc2)C1)NC(=O)C1CCCC1. The summed E-state index contributed by atoms with van der Waals surface area (Å²) in [6, 6.07) is 10.2. The Labute approximate surface area is 156 Å². The van der Waals surface area contributed by atoms with Crippen LogP contribution in [0, 0.1) is 11.8 Å². The predicted octanol–water partition coefficient (Wildman–Crippen LogP) is 2.27. The number of carbonyl (C=O) groups is 2. The highest BCUT2D eigenvalue weighted by Gasteiger charge is 2.35. The Kier molecular flexibility index (Phi) is 6.30. The molecule has 1 saturated carbocycles. The Morgan fingerprint density at radius 1 is 1.19 bits per heavy atom. The zero-order valence-electron chi connectivity index (χ0n) is 15.7. The van der Waals surface area contributed by atoms with Crippen LogP contribution in [0.3, 0.4) is 0 Å². The van der Waals surface area contributed by atoms with E-state index < -0.39 is 0 Å². The Morgan fingerprint density at radius 2 is 1.88 bits per heavy atom. The van der Waals surface area contributed by atoms with Crippen LogP contribution in [0.5, 0.6) is 0 Å². The Bertz CT molecular complexity index is 613. The van der Waals surface area contributed by atoms with Crippen molar-refractivity contribution in [3.63, 3.8) is 0 Å². The molecule has 3 rings (SSSR count). The first-order valence-corrected chi connectivity index (χ1v) is 9.91. The van der Waals surface area contributed by atoms with Crippen molar-refractivity contribution in [2.75, 3.05) is 19.6 Å². The first-order chi connectivity index (χ1) is 12.6. The second-order valence-corrected chi connectivity index (χ2v) is 7.91. The minimum Gasteiger partial charge on any atom is -0.353 e. The molecule has 2 aliphatic rings. The Balaban J connectivity index is 1.53. The van der Waals surface area contributed by atoms with Crippen LogP contribution >= 0.6 is 0 Å². The van der Waals surface area contributed by atoms with E-state index in [1.807, 2.05) is 30.0 Å². The quantitative estimate of drug-likeness (QED) is 0.820. The van der Waals surface area contributed by atoms with E-state index in [0.717, 1.165) is 25.7 Å². The topological polar surface area (TPSA) is 75.4 Å². The number of amides is 2. The molecule has 142 valence electrons. The van der Waals surface area contributed by atoms with Gasteiger partial charge in [-0.1, -0.05) is 43.2 Å². The van der Waals surface area contributed by atoms with Gasteiger partial charge < -0.3 is 16.0 Å². The Hall–Kier alpha value is -1.88. The van der Waals surface area contributed by atoms with E-state index in [-0.39, 0.29) is 23.8 Å². The van der Waals surface area contributed by atoms with Gasteiger partial charge in [0, 0.05) is 37.4 Å². The molecule has 2 amide bonds. The third kappa shape index (κ3) is 4.44. The van der Waals surface area contributed by atoms with E-state index in [1.54, 1.807) is 0 Å². The molecular weight excluding hydrogens is 326 g/mol. The summed E-state index contributed by atoms with van der Waals surface area (Å²) in [4.78, 5) is 26.9. The molecular formula is C21H31N3O2. The molecule has 1 unspecified atom stereocenters. The van der Waals surface area contributed by atoms with Crippen LogP contribution in [-0.4, -0.2) is 42.4 Å². The summed E-state index contributed by atoms with van der Waals surface area (Å²) in [6.07, 6.45) is 4.60. The number of nitrogens with one attached hydrogen (secondary N) is 1. The molecule has 5 nitrogen and oxygen atoms in total. The summed E-state index contributed by atoms with van der Waals surface area (Å²) >= 11 is 0. The molecule has 1 saturated heterocycles. The molecule has 0 bridgehead atoms. The van der Waals surface area contributed by atoms with Crippen molar-refractivity contribution >= 4 is 11.8 Å². The van der Waals surface area contributed by atoms with E-state index in [1.165, 1.54) is 5.56 Å². The minimum atomic E-state index is -0.122. The molecule has 3 N–H and O–H groups in total. The van der Waals surface area contributed by atoms with Crippen LogP contribution < -0.4 is 11.1 Å². The monoisotopic (exact) mass is 357 g/mol. The molecule has 1 aromatic rings. The van der Waals surface area contributed by atoms with Gasteiger partial charge in [0.25, 0.3) is 0 Å². The molecule has 3 atom stereocenters. The standard InChI is InChI=1S/C21H31N3O2/c1-15(23-21(26)17-9-5-6-10-17)11-20(25)24-13-18(12-22)19(14-24)16-7-3-2-4-8-16/h2-4,7-8,15,17-19H,5-6,9-14,22H2,1H3,(H,23,26)/t15?,18-,19+/m1/s1. The lowest BCUT2D eigenvalue weighted by atomic mass is 9.89. The second-order valence-electron chi connectivity index (χ2n) is 7.91. The first kappa shape index (κ1) is 18.9. The molecule has 26 heavy (non-hydrogen) atoms. The largest absolute Gasteiger partial charge is 0.353 e. The molecule has 0 aromatic heterocycles. The van der Waals surface area contributed by atoms with E-state index in [2.05, 4.69) is 17.4 Å². The third-order valence-corrected chi connectivity index (χ3v) is 5.92. The molecule has 1 aliphatic heterocycles. The number of nitrogens with two attached hydrogens (primary N) is 1. The summed E-state index contributed by atoms with van der Waals surface area (Å²) in [5, 5.41) is 3.03. The van der Waals surface area contributed by atoms with Crippen molar-refractivity contribution in [2.24, 2.45) is 17.6 Å². The van der Waals surface area contributed by atoms with Crippen molar-refractivity contribution in [3.05, 3.63) is 35.9 Å². The van der Waals surface area contributed by atoms with Crippen LogP contribution in [0.25, 0.3) is 0 Å². The lowest BCUT2D eigenvalue weighted by molar-refractivity contribution is -0.131. The highest BCUT2D eigenvalue weighted by atomic mass is 16.2. The maximum absolute atomic E-state index is 12.7. The third-order valence-electron chi connectivity index (χ3n) is 5.92. The van der Waals surface area contributed by atoms with Crippen molar-refractivity contribution in [1.29, 1.82) is 0 Å². The highest BCUT2D eigenvalue weighted by molar-refractivity contribution is 5.81. The number of rotatable bonds is 6. The average Bonchev–Trinajstić information content (AvgIpc) is 3.32. The molecule has 5 heteroatoms. The van der Waals surface area contributed by atoms with Crippen molar-refractivity contribution in [3.8, 4) is 0 Å². The van der Waals surface area contributed by atoms with Crippen LogP contribution in [-0.2, 0) is 9.59 Å². The van der Waals surface area contributed by atoms with Gasteiger partial charge in [-0.25, -0.2) is 0 Å². The van der Waals surface area contributed by atoms with Gasteiger partial charge in [0.1, 0.15) is 0 Å². The van der Waals surface area contributed by atoms with Gasteiger partial charge in [-0.3, -0.25) is 9.59 Å². The van der Waals surface area contributed by atoms with E-state index in [4.69, 9.17) is 5.73 Å². The van der Waals surface area contributed by atoms with Gasteiger partial charge in [0.2, 0.25) is 11.8 Å². The van der Waals surface area contributed by atoms with Gasteiger partial charge in [-0.15, -0.1) is 0 Å². The van der Waals surface area contributed by atoms with E-state index in [9.17, 15) is 9.59 Å². The summed E-state index contributed by atoms with van der Waals surface area (Å²) < 4.78 is 0. The van der Waals surface area contributed by atoms with Crippen LogP contribution in [0.4, 0.5) is 0 Å². The lowest BCUT2D eigenvalue weighted by Crippen LogP contribution is -2.40. The molecule has 1 heterocycles. The number of likely N-dealkylation sites (tertiary alicyclic amines) is 1. The summed E-state index contributed by atoms with van der Waals surface area (Å²) in [5.74, 6) is 0.967. The zero-order valence-corrected chi connectivity index (χ0v) is 15.7. The van der Waals surface area contributed by atoms with Gasteiger partial charge in [0.15, 0.2) is 0 Å². The number of nitrogens with zero attached hydrogens (tertiary/aromatic N) is 1. The molecule has 0 spiro atoms. The molecule has 1 aliphatic carbocycles. The predicted molar refractivity (Wildman–Crippen MR) is 102 cm³/mol. The van der Waals surface area contributed by atoms with Gasteiger partial charge in [-0.2, -0.15) is 0 Å². The summed E-state index contributed by atoms with van der Waals surface area (Å²) in [6.45, 7) is 3.93.